The Balaban J connectivity index is 2.92. The Bertz CT molecular complexity index is 467. The van der Waals surface area contributed by atoms with Crippen molar-refractivity contribution in [2.45, 2.75) is 38.0 Å². The van der Waals surface area contributed by atoms with Crippen LogP contribution in [0.25, 0.3) is 0 Å². The molecule has 0 saturated carbocycles. The van der Waals surface area contributed by atoms with E-state index in [1.807, 2.05) is 9.97 Å². The van der Waals surface area contributed by atoms with Gasteiger partial charge in [0.15, 0.2) is 0 Å². The number of rotatable bonds is 5. The molecule has 0 bridgehead atoms. The molecule has 0 aliphatic heterocycles. The number of H-pyrrole nitrogens is 2. The lowest BCUT2D eigenvalue weighted by Crippen LogP contribution is -2.44. The van der Waals surface area contributed by atoms with E-state index in [2.05, 4.69) is 19.6 Å². The SMILES string of the molecule is CCCCCC(S)n1c(=O)[nH]c(=O)[nH]c1=O. The largest absolute Gasteiger partial charge is 0.334 e. The number of nitrogens with zero attached hydrogens (tertiary/aromatic N) is 1. The van der Waals surface area contributed by atoms with E-state index in [4.69, 9.17) is 0 Å². The lowest BCUT2D eigenvalue weighted by molar-refractivity contribution is 0.524. The molecule has 0 aromatic carbocycles. The monoisotopic (exact) mass is 245 g/mol. The van der Waals surface area contributed by atoms with E-state index in [0.717, 1.165) is 23.8 Å². The zero-order chi connectivity index (χ0) is 12.1. The summed E-state index contributed by atoms with van der Waals surface area (Å²) in [6, 6.07) is 0. The molecule has 1 aromatic rings. The van der Waals surface area contributed by atoms with Crippen LogP contribution in [0, 0.1) is 0 Å². The highest BCUT2D eigenvalue weighted by Gasteiger charge is 2.11. The summed E-state index contributed by atoms with van der Waals surface area (Å²) >= 11 is 4.19. The fourth-order valence-electron chi connectivity index (χ4n) is 1.41. The Labute approximate surface area is 97.1 Å². The number of aromatic nitrogens is 3. The Kier molecular flexibility index (Phi) is 4.60. The number of hydrogen-bond acceptors (Lipinski definition) is 4. The van der Waals surface area contributed by atoms with E-state index < -0.39 is 22.4 Å². The number of aromatic amines is 2. The van der Waals surface area contributed by atoms with Gasteiger partial charge in [0.05, 0.1) is 5.37 Å². The van der Waals surface area contributed by atoms with Crippen LogP contribution in [0.1, 0.15) is 38.0 Å². The molecule has 0 radical (unpaired) electrons. The lowest BCUT2D eigenvalue weighted by Gasteiger charge is -2.11. The van der Waals surface area contributed by atoms with E-state index in [0.29, 0.717) is 6.42 Å². The highest BCUT2D eigenvalue weighted by atomic mass is 32.1. The van der Waals surface area contributed by atoms with Crippen molar-refractivity contribution in [1.82, 2.24) is 14.5 Å². The molecule has 0 aliphatic carbocycles. The van der Waals surface area contributed by atoms with Crippen molar-refractivity contribution in [3.8, 4) is 0 Å². The van der Waals surface area contributed by atoms with Gasteiger partial charge in [0.25, 0.3) is 0 Å². The second kappa shape index (κ2) is 5.74. The van der Waals surface area contributed by atoms with E-state index >= 15 is 0 Å². The van der Waals surface area contributed by atoms with Gasteiger partial charge in [0, 0.05) is 0 Å². The predicted molar refractivity (Wildman–Crippen MR) is 64.1 cm³/mol. The minimum atomic E-state index is -0.791. The molecule has 0 saturated heterocycles. The summed E-state index contributed by atoms with van der Waals surface area (Å²) in [6.45, 7) is 2.06. The first-order valence-corrected chi connectivity index (χ1v) is 5.71. The molecule has 16 heavy (non-hydrogen) atoms. The molecule has 1 unspecified atom stereocenters. The predicted octanol–water partition coefficient (Wildman–Crippen LogP) is 0.234. The molecule has 0 fully saturated rings. The Morgan fingerprint density at radius 2 is 1.75 bits per heavy atom. The smallest absolute Gasteiger partial charge is 0.259 e. The lowest BCUT2D eigenvalue weighted by atomic mass is 10.2. The molecule has 2 N–H and O–H groups in total. The highest BCUT2D eigenvalue weighted by Crippen LogP contribution is 2.15. The van der Waals surface area contributed by atoms with Crippen molar-refractivity contribution >= 4 is 12.6 Å². The van der Waals surface area contributed by atoms with E-state index in [-0.39, 0.29) is 0 Å². The maximum Gasteiger partial charge on any atom is 0.334 e. The molecule has 0 aliphatic rings. The number of thiol groups is 1. The van der Waals surface area contributed by atoms with Crippen molar-refractivity contribution in [1.29, 1.82) is 0 Å². The second-order valence-corrected chi connectivity index (χ2v) is 4.13. The zero-order valence-electron chi connectivity index (χ0n) is 9.02. The Morgan fingerprint density at radius 1 is 1.19 bits per heavy atom. The third-order valence-electron chi connectivity index (χ3n) is 2.24. The van der Waals surface area contributed by atoms with Gasteiger partial charge in [-0.05, 0) is 6.42 Å². The van der Waals surface area contributed by atoms with Crippen molar-refractivity contribution in [2.24, 2.45) is 0 Å². The molecule has 0 amide bonds. The van der Waals surface area contributed by atoms with Crippen LogP contribution >= 0.6 is 12.6 Å². The van der Waals surface area contributed by atoms with Crippen LogP contribution in [0.3, 0.4) is 0 Å². The Morgan fingerprint density at radius 3 is 2.25 bits per heavy atom. The van der Waals surface area contributed by atoms with E-state index in [9.17, 15) is 14.4 Å². The average molecular weight is 245 g/mol. The van der Waals surface area contributed by atoms with Crippen LogP contribution in [0.4, 0.5) is 0 Å². The number of hydrogen-bond donors (Lipinski definition) is 3. The average Bonchev–Trinajstić information content (AvgIpc) is 2.16. The van der Waals surface area contributed by atoms with Gasteiger partial charge in [-0.1, -0.05) is 26.2 Å². The minimum Gasteiger partial charge on any atom is -0.259 e. The summed E-state index contributed by atoms with van der Waals surface area (Å²) in [5.74, 6) is 0. The quantitative estimate of drug-likeness (QED) is 0.512. The fraction of sp³-hybridized carbons (Fsp3) is 0.667. The molecular weight excluding hydrogens is 230 g/mol. The molecule has 1 heterocycles. The number of nitrogens with one attached hydrogen (secondary N) is 2. The summed E-state index contributed by atoms with van der Waals surface area (Å²) in [4.78, 5) is 37.5. The standard InChI is InChI=1S/C9H15N3O3S/c1-2-3-4-5-6(16)12-8(14)10-7(13)11-9(12)15/h6,16H,2-5H2,1H3,(H2,10,11,13,14,15). The van der Waals surface area contributed by atoms with Crippen LogP contribution in [-0.2, 0) is 0 Å². The second-order valence-electron chi connectivity index (χ2n) is 3.54. The van der Waals surface area contributed by atoms with Crippen LogP contribution < -0.4 is 17.1 Å². The maximum absolute atomic E-state index is 11.4. The van der Waals surface area contributed by atoms with Gasteiger partial charge in [-0.3, -0.25) is 9.97 Å². The van der Waals surface area contributed by atoms with Gasteiger partial charge in [0.2, 0.25) is 0 Å². The normalized spacial score (nSPS) is 12.6. The summed E-state index contributed by atoms with van der Waals surface area (Å²) in [6.07, 6.45) is 3.58. The molecule has 1 aromatic heterocycles. The maximum atomic E-state index is 11.4. The first-order chi connectivity index (χ1) is 7.56. The summed E-state index contributed by atoms with van der Waals surface area (Å²) < 4.78 is 0.917. The summed E-state index contributed by atoms with van der Waals surface area (Å²) in [7, 11) is 0. The van der Waals surface area contributed by atoms with Gasteiger partial charge >= 0.3 is 17.1 Å². The molecule has 7 heteroatoms. The fourth-order valence-corrected chi connectivity index (χ4v) is 1.81. The van der Waals surface area contributed by atoms with Gasteiger partial charge in [0.1, 0.15) is 0 Å². The summed E-state index contributed by atoms with van der Waals surface area (Å²) in [5.41, 5.74) is -2.23. The minimum absolute atomic E-state index is 0.500. The van der Waals surface area contributed by atoms with Gasteiger partial charge in [-0.15, -0.1) is 0 Å². The third kappa shape index (κ3) is 3.13. The van der Waals surface area contributed by atoms with Crippen molar-refractivity contribution < 1.29 is 0 Å². The first kappa shape index (κ1) is 12.8. The van der Waals surface area contributed by atoms with Crippen molar-refractivity contribution in [3.63, 3.8) is 0 Å². The zero-order valence-corrected chi connectivity index (χ0v) is 9.92. The van der Waals surface area contributed by atoms with Gasteiger partial charge < -0.3 is 0 Å². The number of unbranched alkanes of at least 4 members (excludes halogenated alkanes) is 2. The molecule has 1 rings (SSSR count). The van der Waals surface area contributed by atoms with Crippen LogP contribution in [-0.4, -0.2) is 14.5 Å². The van der Waals surface area contributed by atoms with Crippen LogP contribution in [0.2, 0.25) is 0 Å². The molecular formula is C9H15N3O3S. The first-order valence-electron chi connectivity index (χ1n) is 5.19. The third-order valence-corrected chi connectivity index (χ3v) is 2.73. The van der Waals surface area contributed by atoms with Gasteiger partial charge in [-0.25, -0.2) is 19.0 Å². The summed E-state index contributed by atoms with van der Waals surface area (Å²) in [5, 5.41) is -0.500. The molecule has 90 valence electrons. The highest BCUT2D eigenvalue weighted by molar-refractivity contribution is 7.80. The van der Waals surface area contributed by atoms with E-state index in [1.54, 1.807) is 0 Å². The topological polar surface area (TPSA) is 87.7 Å². The van der Waals surface area contributed by atoms with Gasteiger partial charge in [-0.2, -0.15) is 12.6 Å². The van der Waals surface area contributed by atoms with Crippen molar-refractivity contribution in [2.75, 3.05) is 0 Å². The molecule has 1 atom stereocenters. The van der Waals surface area contributed by atoms with Crippen LogP contribution in [0.15, 0.2) is 14.4 Å². The molecule has 6 nitrogen and oxygen atoms in total. The Hall–Kier alpha value is -1.24. The molecule has 0 spiro atoms. The van der Waals surface area contributed by atoms with Crippen molar-refractivity contribution in [3.05, 3.63) is 31.5 Å². The van der Waals surface area contributed by atoms with E-state index in [1.165, 1.54) is 0 Å². The van der Waals surface area contributed by atoms with Crippen LogP contribution in [0.5, 0.6) is 0 Å².